The third-order valence-electron chi connectivity index (χ3n) is 2.98. The van der Waals surface area contributed by atoms with Crippen molar-refractivity contribution >= 4 is 5.78 Å². The number of ether oxygens (including phenoxy) is 2. The zero-order valence-electron chi connectivity index (χ0n) is 12.4. The van der Waals surface area contributed by atoms with E-state index >= 15 is 0 Å². The molecule has 0 heterocycles. The number of hydrogen-bond acceptors (Lipinski definition) is 3. The molecular weight excluding hydrogens is 240 g/mol. The first-order valence-corrected chi connectivity index (χ1v) is 6.65. The molecule has 0 aliphatic rings. The second-order valence-corrected chi connectivity index (χ2v) is 5.61. The van der Waals surface area contributed by atoms with Gasteiger partial charge in [0.05, 0.1) is 19.8 Å². The van der Waals surface area contributed by atoms with Gasteiger partial charge in [-0.1, -0.05) is 45.0 Å². The first-order valence-electron chi connectivity index (χ1n) is 6.65. The van der Waals surface area contributed by atoms with Crippen LogP contribution in [-0.2, 0) is 14.9 Å². The highest BCUT2D eigenvalue weighted by Gasteiger charge is 2.14. The maximum absolute atomic E-state index is 11.9. The molecule has 0 spiro atoms. The fourth-order valence-electron chi connectivity index (χ4n) is 1.71. The van der Waals surface area contributed by atoms with Crippen molar-refractivity contribution in [3.05, 3.63) is 35.4 Å². The summed E-state index contributed by atoms with van der Waals surface area (Å²) in [4.78, 5) is 11.9. The van der Waals surface area contributed by atoms with Crippen LogP contribution in [0.5, 0.6) is 0 Å². The smallest absolute Gasteiger partial charge is 0.165 e. The zero-order valence-corrected chi connectivity index (χ0v) is 12.4. The van der Waals surface area contributed by atoms with E-state index < -0.39 is 0 Å². The number of hydrogen-bond donors (Lipinski definition) is 0. The summed E-state index contributed by atoms with van der Waals surface area (Å²) < 4.78 is 10.2. The monoisotopic (exact) mass is 264 g/mol. The quantitative estimate of drug-likeness (QED) is 0.560. The molecule has 0 aliphatic carbocycles. The van der Waals surface area contributed by atoms with Gasteiger partial charge in [-0.05, 0) is 11.0 Å². The van der Waals surface area contributed by atoms with Crippen LogP contribution in [0.4, 0.5) is 0 Å². The Morgan fingerprint density at radius 2 is 1.68 bits per heavy atom. The van der Waals surface area contributed by atoms with Crippen LogP contribution in [-0.4, -0.2) is 32.7 Å². The van der Waals surface area contributed by atoms with E-state index in [0.29, 0.717) is 26.2 Å². The summed E-state index contributed by atoms with van der Waals surface area (Å²) in [6.45, 7) is 8.03. The molecule has 0 N–H and O–H groups in total. The number of Topliss-reactive ketones (excluding diaryl/α,β-unsaturated/α-hetero) is 1. The molecule has 0 saturated heterocycles. The highest BCUT2D eigenvalue weighted by Crippen LogP contribution is 2.22. The predicted octanol–water partition coefficient (Wildman–Crippen LogP) is 3.22. The lowest BCUT2D eigenvalue weighted by Crippen LogP contribution is -2.12. The SMILES string of the molecule is COCCOCCC(=O)c1ccc(C(C)(C)C)cc1. The molecule has 0 fully saturated rings. The molecule has 0 bridgehead atoms. The van der Waals surface area contributed by atoms with E-state index in [2.05, 4.69) is 20.8 Å². The molecule has 0 saturated carbocycles. The van der Waals surface area contributed by atoms with E-state index in [4.69, 9.17) is 9.47 Å². The maximum Gasteiger partial charge on any atom is 0.165 e. The van der Waals surface area contributed by atoms with E-state index in [0.717, 1.165) is 5.56 Å². The molecule has 3 nitrogen and oxygen atoms in total. The minimum Gasteiger partial charge on any atom is -0.382 e. The van der Waals surface area contributed by atoms with Crippen molar-refractivity contribution < 1.29 is 14.3 Å². The molecule has 0 aromatic heterocycles. The number of rotatable bonds is 7. The van der Waals surface area contributed by atoms with E-state index in [9.17, 15) is 4.79 Å². The van der Waals surface area contributed by atoms with Crippen LogP contribution in [0.3, 0.4) is 0 Å². The van der Waals surface area contributed by atoms with Gasteiger partial charge < -0.3 is 9.47 Å². The topological polar surface area (TPSA) is 35.5 Å². The number of methoxy groups -OCH3 is 1. The van der Waals surface area contributed by atoms with Gasteiger partial charge in [0.15, 0.2) is 5.78 Å². The van der Waals surface area contributed by atoms with E-state index in [-0.39, 0.29) is 11.2 Å². The average molecular weight is 264 g/mol. The second-order valence-electron chi connectivity index (χ2n) is 5.61. The highest BCUT2D eigenvalue weighted by molar-refractivity contribution is 5.96. The molecular formula is C16H24O3. The number of benzene rings is 1. The Balaban J connectivity index is 2.45. The molecule has 1 rings (SSSR count). The van der Waals surface area contributed by atoms with Crippen LogP contribution >= 0.6 is 0 Å². The van der Waals surface area contributed by atoms with Gasteiger partial charge in [-0.2, -0.15) is 0 Å². The van der Waals surface area contributed by atoms with Gasteiger partial charge >= 0.3 is 0 Å². The molecule has 0 amide bonds. The largest absolute Gasteiger partial charge is 0.382 e. The van der Waals surface area contributed by atoms with Crippen LogP contribution in [0.2, 0.25) is 0 Å². The second kappa shape index (κ2) is 7.41. The Hall–Kier alpha value is -1.19. The molecule has 0 unspecified atom stereocenters. The van der Waals surface area contributed by atoms with Gasteiger partial charge in [-0.25, -0.2) is 0 Å². The summed E-state index contributed by atoms with van der Waals surface area (Å²) in [5.41, 5.74) is 2.11. The predicted molar refractivity (Wildman–Crippen MR) is 76.8 cm³/mol. The summed E-state index contributed by atoms with van der Waals surface area (Å²) in [5, 5.41) is 0. The van der Waals surface area contributed by atoms with Crippen molar-refractivity contribution in [1.82, 2.24) is 0 Å². The van der Waals surface area contributed by atoms with Crippen molar-refractivity contribution in [2.24, 2.45) is 0 Å². The van der Waals surface area contributed by atoms with E-state index in [1.54, 1.807) is 7.11 Å². The first-order chi connectivity index (χ1) is 8.95. The number of carbonyl (C=O) groups excluding carboxylic acids is 1. The molecule has 0 radical (unpaired) electrons. The Labute approximate surface area is 115 Å². The third-order valence-corrected chi connectivity index (χ3v) is 2.98. The minimum atomic E-state index is 0.116. The normalized spacial score (nSPS) is 11.6. The van der Waals surface area contributed by atoms with Crippen molar-refractivity contribution in [1.29, 1.82) is 0 Å². The fraction of sp³-hybridized carbons (Fsp3) is 0.562. The van der Waals surface area contributed by atoms with Gasteiger partial charge in [-0.3, -0.25) is 4.79 Å². The van der Waals surface area contributed by atoms with E-state index in [1.807, 2.05) is 24.3 Å². The molecule has 0 atom stereocenters. The lowest BCUT2D eigenvalue weighted by molar-refractivity contribution is 0.0641. The zero-order chi connectivity index (χ0) is 14.3. The summed E-state index contributed by atoms with van der Waals surface area (Å²) in [5.74, 6) is 0.123. The number of ketones is 1. The Morgan fingerprint density at radius 1 is 1.05 bits per heavy atom. The average Bonchev–Trinajstić information content (AvgIpc) is 2.37. The van der Waals surface area contributed by atoms with Gasteiger partial charge in [0.2, 0.25) is 0 Å². The molecule has 1 aromatic rings. The van der Waals surface area contributed by atoms with Crippen LogP contribution < -0.4 is 0 Å². The maximum atomic E-state index is 11.9. The third kappa shape index (κ3) is 5.53. The van der Waals surface area contributed by atoms with Gasteiger partial charge in [-0.15, -0.1) is 0 Å². The molecule has 1 aromatic carbocycles. The molecule has 0 aliphatic heterocycles. The molecule has 3 heteroatoms. The van der Waals surface area contributed by atoms with Gasteiger partial charge in [0.1, 0.15) is 0 Å². The van der Waals surface area contributed by atoms with Gasteiger partial charge in [0.25, 0.3) is 0 Å². The Kier molecular flexibility index (Phi) is 6.19. The van der Waals surface area contributed by atoms with Crippen LogP contribution in [0, 0.1) is 0 Å². The summed E-state index contributed by atoms with van der Waals surface area (Å²) >= 11 is 0. The first kappa shape index (κ1) is 15.9. The molecule has 19 heavy (non-hydrogen) atoms. The van der Waals surface area contributed by atoms with Crippen LogP contribution in [0.15, 0.2) is 24.3 Å². The van der Waals surface area contributed by atoms with Crippen LogP contribution in [0.25, 0.3) is 0 Å². The number of carbonyl (C=O) groups is 1. The van der Waals surface area contributed by atoms with Crippen molar-refractivity contribution in [3.63, 3.8) is 0 Å². The standard InChI is InChI=1S/C16H24O3/c1-16(2,3)14-7-5-13(6-8-14)15(17)9-10-19-12-11-18-4/h5-8H,9-12H2,1-4H3. The van der Waals surface area contributed by atoms with E-state index in [1.165, 1.54) is 5.56 Å². The van der Waals surface area contributed by atoms with Crippen molar-refractivity contribution in [2.75, 3.05) is 26.9 Å². The molecule has 106 valence electrons. The Bertz CT molecular complexity index is 387. The van der Waals surface area contributed by atoms with Crippen LogP contribution in [0.1, 0.15) is 43.1 Å². The van der Waals surface area contributed by atoms with Gasteiger partial charge in [0, 0.05) is 19.1 Å². The summed E-state index contributed by atoms with van der Waals surface area (Å²) in [6, 6.07) is 7.86. The van der Waals surface area contributed by atoms with Crippen molar-refractivity contribution in [2.45, 2.75) is 32.6 Å². The highest BCUT2D eigenvalue weighted by atomic mass is 16.5. The fourth-order valence-corrected chi connectivity index (χ4v) is 1.71. The minimum absolute atomic E-state index is 0.116. The van der Waals surface area contributed by atoms with Crippen molar-refractivity contribution in [3.8, 4) is 0 Å². The lowest BCUT2D eigenvalue weighted by atomic mass is 9.86. The Morgan fingerprint density at radius 3 is 2.21 bits per heavy atom. The lowest BCUT2D eigenvalue weighted by Gasteiger charge is -2.18. The summed E-state index contributed by atoms with van der Waals surface area (Å²) in [6.07, 6.45) is 0.415. The summed E-state index contributed by atoms with van der Waals surface area (Å²) in [7, 11) is 1.63.